The van der Waals surface area contributed by atoms with Crippen molar-refractivity contribution in [3.05, 3.63) is 65.7 Å². The molecule has 0 saturated heterocycles. The van der Waals surface area contributed by atoms with Crippen LogP contribution in [-0.4, -0.2) is 27.7 Å². The predicted octanol–water partition coefficient (Wildman–Crippen LogP) is 3.05. The number of amides is 2. The smallest absolute Gasteiger partial charge is 0.242 e. The number of pyridine rings is 1. The molecular weight excluding hydrogens is 333 g/mol. The van der Waals surface area contributed by atoms with Crippen molar-refractivity contribution >= 4 is 11.8 Å². The van der Waals surface area contributed by atoms with Gasteiger partial charge in [-0.2, -0.15) is 0 Å². The Morgan fingerprint density at radius 1 is 1.19 bits per heavy atom. The van der Waals surface area contributed by atoms with Gasteiger partial charge in [-0.25, -0.2) is 4.39 Å². The molecule has 1 heterocycles. The zero-order valence-electron chi connectivity index (χ0n) is 15.1. The second-order valence-corrected chi connectivity index (χ2v) is 6.15. The number of nitrogens with zero attached hydrogens (tertiary/aromatic N) is 2. The number of nitrogens with one attached hydrogen (secondary N) is 1. The van der Waals surface area contributed by atoms with Crippen LogP contribution in [0.15, 0.2) is 48.8 Å². The van der Waals surface area contributed by atoms with Gasteiger partial charge in [0.1, 0.15) is 11.9 Å². The van der Waals surface area contributed by atoms with Crippen molar-refractivity contribution in [2.45, 2.75) is 45.8 Å². The summed E-state index contributed by atoms with van der Waals surface area (Å²) in [6.45, 7) is 4.24. The lowest BCUT2D eigenvalue weighted by atomic mass is 10.1. The Hall–Kier alpha value is -2.76. The third-order valence-electron chi connectivity index (χ3n) is 4.09. The van der Waals surface area contributed by atoms with Gasteiger partial charge in [0, 0.05) is 31.9 Å². The summed E-state index contributed by atoms with van der Waals surface area (Å²) in [5, 5.41) is 2.84. The number of halogens is 1. The van der Waals surface area contributed by atoms with Crippen molar-refractivity contribution in [1.82, 2.24) is 15.2 Å². The third-order valence-corrected chi connectivity index (χ3v) is 4.09. The molecule has 0 aliphatic carbocycles. The molecule has 2 rings (SSSR count). The Morgan fingerprint density at radius 3 is 2.54 bits per heavy atom. The summed E-state index contributed by atoms with van der Waals surface area (Å²) in [5.41, 5.74) is 1.67. The van der Waals surface area contributed by atoms with E-state index in [0.29, 0.717) is 19.4 Å². The molecule has 0 aliphatic heterocycles. The predicted molar refractivity (Wildman–Crippen MR) is 97.4 cm³/mol. The van der Waals surface area contributed by atoms with Crippen molar-refractivity contribution in [3.8, 4) is 0 Å². The lowest BCUT2D eigenvalue weighted by molar-refractivity contribution is -0.140. The minimum atomic E-state index is -0.629. The fourth-order valence-electron chi connectivity index (χ4n) is 2.57. The van der Waals surface area contributed by atoms with E-state index >= 15 is 0 Å². The highest BCUT2D eigenvalue weighted by Crippen LogP contribution is 2.13. The summed E-state index contributed by atoms with van der Waals surface area (Å²) in [5.74, 6) is -0.663. The van der Waals surface area contributed by atoms with E-state index in [1.165, 1.54) is 17.0 Å². The molecule has 6 heteroatoms. The molecule has 0 bridgehead atoms. The van der Waals surface area contributed by atoms with Crippen LogP contribution in [0.25, 0.3) is 0 Å². The number of aromatic nitrogens is 1. The van der Waals surface area contributed by atoms with E-state index < -0.39 is 6.04 Å². The molecule has 5 nitrogen and oxygen atoms in total. The van der Waals surface area contributed by atoms with Gasteiger partial charge in [-0.05, 0) is 42.7 Å². The van der Waals surface area contributed by atoms with E-state index in [9.17, 15) is 14.0 Å². The van der Waals surface area contributed by atoms with Gasteiger partial charge < -0.3 is 10.2 Å². The maximum Gasteiger partial charge on any atom is 0.242 e. The molecular formula is C20H24FN3O2. The van der Waals surface area contributed by atoms with E-state index in [1.807, 2.05) is 13.0 Å². The number of carbonyl (C=O) groups is 2. The summed E-state index contributed by atoms with van der Waals surface area (Å²) >= 11 is 0. The lowest BCUT2D eigenvalue weighted by Gasteiger charge is -2.28. The molecule has 0 fully saturated rings. The largest absolute Gasteiger partial charge is 0.350 e. The van der Waals surface area contributed by atoms with E-state index in [-0.39, 0.29) is 24.2 Å². The third kappa shape index (κ3) is 5.65. The van der Waals surface area contributed by atoms with Crippen molar-refractivity contribution in [3.63, 3.8) is 0 Å². The highest BCUT2D eigenvalue weighted by atomic mass is 19.1. The zero-order chi connectivity index (χ0) is 18.9. The van der Waals surface area contributed by atoms with Crippen LogP contribution in [0.1, 0.15) is 37.8 Å². The zero-order valence-corrected chi connectivity index (χ0v) is 15.1. The molecule has 0 saturated carbocycles. The molecule has 1 aromatic carbocycles. The van der Waals surface area contributed by atoms with Crippen LogP contribution in [-0.2, 0) is 22.7 Å². The molecule has 0 spiro atoms. The van der Waals surface area contributed by atoms with E-state index in [4.69, 9.17) is 0 Å². The fraction of sp³-hybridized carbons (Fsp3) is 0.350. The maximum absolute atomic E-state index is 13.1. The average molecular weight is 357 g/mol. The van der Waals surface area contributed by atoms with Crippen molar-refractivity contribution in [1.29, 1.82) is 0 Å². The van der Waals surface area contributed by atoms with Crippen LogP contribution in [0.4, 0.5) is 4.39 Å². The van der Waals surface area contributed by atoms with Gasteiger partial charge in [-0.1, -0.05) is 25.1 Å². The minimum absolute atomic E-state index is 0.0964. The molecule has 0 aliphatic rings. The first-order chi connectivity index (χ1) is 12.5. The van der Waals surface area contributed by atoms with Gasteiger partial charge in [-0.3, -0.25) is 14.6 Å². The average Bonchev–Trinajstić information content (AvgIpc) is 2.66. The highest BCUT2D eigenvalue weighted by Gasteiger charge is 2.25. The quantitative estimate of drug-likeness (QED) is 0.790. The second kappa shape index (κ2) is 9.65. The number of hydrogen-bond acceptors (Lipinski definition) is 3. The van der Waals surface area contributed by atoms with Gasteiger partial charge in [0.2, 0.25) is 11.8 Å². The summed E-state index contributed by atoms with van der Waals surface area (Å²) in [6.07, 6.45) is 4.41. The van der Waals surface area contributed by atoms with Crippen LogP contribution in [0.2, 0.25) is 0 Å². The molecule has 1 atom stereocenters. The van der Waals surface area contributed by atoms with Gasteiger partial charge in [0.25, 0.3) is 0 Å². The SMILES string of the molecule is CCCC(=O)N(Cc1ccc(F)cc1)[C@H](C)C(=O)NCc1cccnc1. The van der Waals surface area contributed by atoms with Crippen LogP contribution < -0.4 is 5.32 Å². The van der Waals surface area contributed by atoms with E-state index in [2.05, 4.69) is 10.3 Å². The van der Waals surface area contributed by atoms with Gasteiger partial charge in [0.05, 0.1) is 0 Å². The molecule has 0 radical (unpaired) electrons. The Labute approximate surface area is 153 Å². The van der Waals surface area contributed by atoms with Crippen LogP contribution in [0.5, 0.6) is 0 Å². The van der Waals surface area contributed by atoms with Crippen molar-refractivity contribution in [2.24, 2.45) is 0 Å². The monoisotopic (exact) mass is 357 g/mol. The van der Waals surface area contributed by atoms with E-state index in [0.717, 1.165) is 11.1 Å². The Morgan fingerprint density at radius 2 is 1.92 bits per heavy atom. The van der Waals surface area contributed by atoms with Crippen molar-refractivity contribution < 1.29 is 14.0 Å². The van der Waals surface area contributed by atoms with Crippen LogP contribution in [0, 0.1) is 5.82 Å². The van der Waals surface area contributed by atoms with Gasteiger partial charge in [-0.15, -0.1) is 0 Å². The number of rotatable bonds is 8. The van der Waals surface area contributed by atoms with Gasteiger partial charge in [0.15, 0.2) is 0 Å². The summed E-state index contributed by atoms with van der Waals surface area (Å²) in [7, 11) is 0. The molecule has 26 heavy (non-hydrogen) atoms. The Balaban J connectivity index is 2.05. The molecule has 1 aromatic heterocycles. The van der Waals surface area contributed by atoms with Gasteiger partial charge >= 0.3 is 0 Å². The Bertz CT molecular complexity index is 720. The molecule has 1 N–H and O–H groups in total. The lowest BCUT2D eigenvalue weighted by Crippen LogP contribution is -2.47. The number of benzene rings is 1. The van der Waals surface area contributed by atoms with E-state index in [1.54, 1.807) is 37.5 Å². The molecule has 138 valence electrons. The second-order valence-electron chi connectivity index (χ2n) is 6.15. The molecule has 0 unspecified atom stereocenters. The topological polar surface area (TPSA) is 62.3 Å². The number of carbonyl (C=O) groups excluding carboxylic acids is 2. The van der Waals surface area contributed by atoms with Crippen LogP contribution >= 0.6 is 0 Å². The Kier molecular flexibility index (Phi) is 7.26. The standard InChI is InChI=1S/C20H24FN3O2/c1-3-5-19(25)24(14-16-7-9-18(21)10-8-16)15(2)20(26)23-13-17-6-4-11-22-12-17/h4,6-12,15H,3,5,13-14H2,1-2H3,(H,23,26)/t15-/m1/s1. The normalized spacial score (nSPS) is 11.7. The fourth-order valence-corrected chi connectivity index (χ4v) is 2.57. The first-order valence-corrected chi connectivity index (χ1v) is 8.71. The first-order valence-electron chi connectivity index (χ1n) is 8.71. The molecule has 2 amide bonds. The summed E-state index contributed by atoms with van der Waals surface area (Å²) in [6, 6.07) is 9.00. The first kappa shape index (κ1) is 19.6. The minimum Gasteiger partial charge on any atom is -0.350 e. The highest BCUT2D eigenvalue weighted by molar-refractivity contribution is 5.87. The number of hydrogen-bond donors (Lipinski definition) is 1. The molecule has 2 aromatic rings. The summed E-state index contributed by atoms with van der Waals surface area (Å²) < 4.78 is 13.1. The van der Waals surface area contributed by atoms with Crippen molar-refractivity contribution in [2.75, 3.05) is 0 Å². The maximum atomic E-state index is 13.1. The summed E-state index contributed by atoms with van der Waals surface area (Å²) in [4.78, 5) is 30.6. The van der Waals surface area contributed by atoms with Crippen LogP contribution in [0.3, 0.4) is 0 Å².